The Bertz CT molecular complexity index is 1090. The van der Waals surface area contributed by atoms with E-state index in [1.165, 1.54) is 27.6 Å². The second kappa shape index (κ2) is 5.63. The highest BCUT2D eigenvalue weighted by Gasteiger charge is 2.26. The Morgan fingerprint density at radius 3 is 1.92 bits per heavy atom. The van der Waals surface area contributed by atoms with Crippen molar-refractivity contribution >= 4 is 27.8 Å². The summed E-state index contributed by atoms with van der Waals surface area (Å²) in [4.78, 5) is 2.31. The minimum atomic E-state index is 0.899. The van der Waals surface area contributed by atoms with Crippen LogP contribution >= 0.6 is 0 Å². The summed E-state index contributed by atoms with van der Waals surface area (Å²) in [5, 5.41) is 2.47. The Labute approximate surface area is 153 Å². The summed E-state index contributed by atoms with van der Waals surface area (Å²) >= 11 is 0. The lowest BCUT2D eigenvalue weighted by molar-refractivity contribution is 0.476. The molecule has 0 N–H and O–H groups in total. The van der Waals surface area contributed by atoms with Crippen LogP contribution in [-0.2, 0) is 0 Å². The number of aryl methyl sites for hydroxylation is 2. The number of hydrogen-bond acceptors (Lipinski definition) is 2. The maximum absolute atomic E-state index is 6.26. The third kappa shape index (κ3) is 2.26. The molecule has 0 fully saturated rings. The molecule has 2 heteroatoms. The highest BCUT2D eigenvalue weighted by Crippen LogP contribution is 2.51. The zero-order valence-electron chi connectivity index (χ0n) is 14.9. The SMILES string of the molecule is Cc1ccc2c(c1)Oc1cc(C)ccc1N2c1cccc2ccccc12. The van der Waals surface area contributed by atoms with Crippen LogP contribution in [0.25, 0.3) is 10.8 Å². The lowest BCUT2D eigenvalue weighted by atomic mass is 10.0. The fourth-order valence-corrected chi connectivity index (χ4v) is 3.69. The standard InChI is InChI=1S/C24H19NO/c1-16-10-12-21-23(14-16)26-24-15-17(2)11-13-22(24)25(21)20-9-5-7-18-6-3-4-8-19(18)20/h3-15H,1-2H3. The Hall–Kier alpha value is -3.26. The highest BCUT2D eigenvalue weighted by atomic mass is 16.5. The van der Waals surface area contributed by atoms with Crippen molar-refractivity contribution in [2.24, 2.45) is 0 Å². The van der Waals surface area contributed by atoms with Crippen LogP contribution in [-0.4, -0.2) is 0 Å². The molecule has 1 aliphatic heterocycles. The average molecular weight is 337 g/mol. The maximum Gasteiger partial charge on any atom is 0.151 e. The van der Waals surface area contributed by atoms with E-state index in [0.29, 0.717) is 0 Å². The quantitative estimate of drug-likeness (QED) is 0.325. The van der Waals surface area contributed by atoms with Crippen molar-refractivity contribution in [2.75, 3.05) is 4.90 Å². The van der Waals surface area contributed by atoms with E-state index in [0.717, 1.165) is 22.9 Å². The first-order valence-corrected chi connectivity index (χ1v) is 8.88. The minimum Gasteiger partial charge on any atom is -0.453 e. The van der Waals surface area contributed by atoms with E-state index in [2.05, 4.69) is 97.6 Å². The number of anilines is 3. The van der Waals surface area contributed by atoms with Gasteiger partial charge in [0, 0.05) is 5.39 Å². The van der Waals surface area contributed by atoms with E-state index in [9.17, 15) is 0 Å². The van der Waals surface area contributed by atoms with Gasteiger partial charge in [0.1, 0.15) is 0 Å². The first-order valence-electron chi connectivity index (χ1n) is 8.88. The van der Waals surface area contributed by atoms with Gasteiger partial charge in [0.25, 0.3) is 0 Å². The molecule has 1 aliphatic rings. The van der Waals surface area contributed by atoms with Crippen LogP contribution in [0.1, 0.15) is 11.1 Å². The van der Waals surface area contributed by atoms with Crippen LogP contribution in [0, 0.1) is 13.8 Å². The fourth-order valence-electron chi connectivity index (χ4n) is 3.69. The maximum atomic E-state index is 6.26. The van der Waals surface area contributed by atoms with Gasteiger partial charge in [0.05, 0.1) is 17.1 Å². The first kappa shape index (κ1) is 15.0. The van der Waals surface area contributed by atoms with Crippen LogP contribution < -0.4 is 9.64 Å². The van der Waals surface area contributed by atoms with Gasteiger partial charge in [0.15, 0.2) is 11.5 Å². The summed E-state index contributed by atoms with van der Waals surface area (Å²) in [5.74, 6) is 1.80. The number of benzene rings is 4. The van der Waals surface area contributed by atoms with Crippen LogP contribution in [0.15, 0.2) is 78.9 Å². The number of rotatable bonds is 1. The molecular weight excluding hydrogens is 318 g/mol. The Kier molecular flexibility index (Phi) is 3.26. The normalized spacial score (nSPS) is 12.5. The molecule has 0 spiro atoms. The number of fused-ring (bicyclic) bond motifs is 3. The van der Waals surface area contributed by atoms with E-state index >= 15 is 0 Å². The molecule has 0 radical (unpaired) electrons. The minimum absolute atomic E-state index is 0.899. The number of ether oxygens (including phenoxy) is 1. The van der Waals surface area contributed by atoms with E-state index in [-0.39, 0.29) is 0 Å². The molecule has 4 aromatic carbocycles. The van der Waals surface area contributed by atoms with Gasteiger partial charge in [0.2, 0.25) is 0 Å². The van der Waals surface area contributed by atoms with Crippen molar-refractivity contribution in [1.29, 1.82) is 0 Å². The van der Waals surface area contributed by atoms with Gasteiger partial charge in [-0.3, -0.25) is 0 Å². The predicted molar refractivity (Wildman–Crippen MR) is 108 cm³/mol. The molecule has 0 saturated heterocycles. The van der Waals surface area contributed by atoms with Crippen LogP contribution in [0.5, 0.6) is 11.5 Å². The summed E-state index contributed by atoms with van der Waals surface area (Å²) in [6, 6.07) is 27.8. The Morgan fingerprint density at radius 2 is 1.23 bits per heavy atom. The van der Waals surface area contributed by atoms with Gasteiger partial charge >= 0.3 is 0 Å². The summed E-state index contributed by atoms with van der Waals surface area (Å²) in [7, 11) is 0. The molecule has 0 aliphatic carbocycles. The van der Waals surface area contributed by atoms with Gasteiger partial charge in [-0.25, -0.2) is 0 Å². The van der Waals surface area contributed by atoms with Crippen molar-refractivity contribution in [3.63, 3.8) is 0 Å². The third-order valence-electron chi connectivity index (χ3n) is 4.94. The van der Waals surface area contributed by atoms with Crippen LogP contribution in [0.4, 0.5) is 17.1 Å². The van der Waals surface area contributed by atoms with Gasteiger partial charge in [-0.1, -0.05) is 48.5 Å². The third-order valence-corrected chi connectivity index (χ3v) is 4.94. The summed E-state index contributed by atoms with van der Waals surface area (Å²) in [5.41, 5.74) is 5.70. The molecule has 26 heavy (non-hydrogen) atoms. The molecule has 1 heterocycles. The summed E-state index contributed by atoms with van der Waals surface area (Å²) < 4.78 is 6.26. The van der Waals surface area contributed by atoms with Crippen LogP contribution in [0.2, 0.25) is 0 Å². The molecule has 0 saturated carbocycles. The monoisotopic (exact) mass is 337 g/mol. The second-order valence-corrected chi connectivity index (χ2v) is 6.88. The second-order valence-electron chi connectivity index (χ2n) is 6.88. The lowest BCUT2D eigenvalue weighted by Gasteiger charge is -2.34. The van der Waals surface area contributed by atoms with E-state index in [1.54, 1.807) is 0 Å². The van der Waals surface area contributed by atoms with Crippen molar-refractivity contribution < 1.29 is 4.74 Å². The molecule has 0 bridgehead atoms. The fraction of sp³-hybridized carbons (Fsp3) is 0.0833. The van der Waals surface area contributed by atoms with Crippen molar-refractivity contribution in [1.82, 2.24) is 0 Å². The molecule has 5 rings (SSSR count). The summed E-state index contributed by atoms with van der Waals surface area (Å²) in [6.45, 7) is 4.19. The lowest BCUT2D eigenvalue weighted by Crippen LogP contribution is -2.16. The summed E-state index contributed by atoms with van der Waals surface area (Å²) in [6.07, 6.45) is 0. The molecular formula is C24H19NO. The highest BCUT2D eigenvalue weighted by molar-refractivity contribution is 6.01. The topological polar surface area (TPSA) is 12.5 Å². The molecule has 0 amide bonds. The van der Waals surface area contributed by atoms with Gasteiger partial charge in [-0.2, -0.15) is 0 Å². The zero-order chi connectivity index (χ0) is 17.7. The molecule has 4 aromatic rings. The Morgan fingerprint density at radius 1 is 0.615 bits per heavy atom. The van der Waals surface area contributed by atoms with Gasteiger partial charge < -0.3 is 9.64 Å². The first-order chi connectivity index (χ1) is 12.7. The molecule has 126 valence electrons. The van der Waals surface area contributed by atoms with E-state index in [1.807, 2.05) is 0 Å². The van der Waals surface area contributed by atoms with Gasteiger partial charge in [-0.05, 0) is 60.7 Å². The predicted octanol–water partition coefficient (Wildman–Crippen LogP) is 7.03. The van der Waals surface area contributed by atoms with Crippen molar-refractivity contribution in [3.05, 3.63) is 90.0 Å². The largest absolute Gasteiger partial charge is 0.453 e. The average Bonchev–Trinajstić information content (AvgIpc) is 2.65. The molecule has 2 nitrogen and oxygen atoms in total. The molecule has 0 aromatic heterocycles. The van der Waals surface area contributed by atoms with Gasteiger partial charge in [-0.15, -0.1) is 0 Å². The number of nitrogens with zero attached hydrogens (tertiary/aromatic N) is 1. The van der Waals surface area contributed by atoms with Crippen molar-refractivity contribution in [2.45, 2.75) is 13.8 Å². The van der Waals surface area contributed by atoms with Crippen LogP contribution in [0.3, 0.4) is 0 Å². The van der Waals surface area contributed by atoms with E-state index < -0.39 is 0 Å². The zero-order valence-corrected chi connectivity index (χ0v) is 14.9. The van der Waals surface area contributed by atoms with E-state index in [4.69, 9.17) is 4.74 Å². The van der Waals surface area contributed by atoms with Crippen molar-refractivity contribution in [3.8, 4) is 11.5 Å². The molecule has 0 atom stereocenters. The number of hydrogen-bond donors (Lipinski definition) is 0. The smallest absolute Gasteiger partial charge is 0.151 e. The molecule has 0 unspecified atom stereocenters. The Balaban J connectivity index is 1.83.